The largest absolute Gasteiger partial charge is 0.383 e. The molecule has 0 atom stereocenters. The lowest BCUT2D eigenvalue weighted by atomic mass is 9.83. The molecule has 5 aromatic rings. The van der Waals surface area contributed by atoms with Crippen LogP contribution in [0.15, 0.2) is 73.6 Å². The summed E-state index contributed by atoms with van der Waals surface area (Å²) < 4.78 is 15.8. The van der Waals surface area contributed by atoms with Crippen molar-refractivity contribution in [3.05, 3.63) is 90.8 Å². The number of anilines is 2. The van der Waals surface area contributed by atoms with E-state index in [1.54, 1.807) is 24.8 Å². The van der Waals surface area contributed by atoms with Gasteiger partial charge in [-0.25, -0.2) is 14.4 Å². The van der Waals surface area contributed by atoms with Crippen molar-refractivity contribution >= 4 is 22.5 Å². The quantitative estimate of drug-likeness (QED) is 0.234. The van der Waals surface area contributed by atoms with E-state index in [2.05, 4.69) is 49.7 Å². The smallest absolute Gasteiger partial charge is 0.139 e. The van der Waals surface area contributed by atoms with Crippen molar-refractivity contribution in [1.29, 1.82) is 0 Å². The van der Waals surface area contributed by atoms with Crippen molar-refractivity contribution in [3.63, 3.8) is 0 Å². The first kappa shape index (κ1) is 25.5. The van der Waals surface area contributed by atoms with Gasteiger partial charge in [-0.2, -0.15) is 0 Å². The highest BCUT2D eigenvalue weighted by Gasteiger charge is 2.21. The summed E-state index contributed by atoms with van der Waals surface area (Å²) in [5.41, 5.74) is 11.8. The van der Waals surface area contributed by atoms with Crippen LogP contribution < -0.4 is 11.1 Å². The Hall–Kier alpha value is -5.10. The van der Waals surface area contributed by atoms with E-state index in [0.29, 0.717) is 39.8 Å². The molecule has 0 radical (unpaired) electrons. The molecule has 5 heterocycles. The van der Waals surface area contributed by atoms with Gasteiger partial charge in [-0.3, -0.25) is 15.0 Å². The SMILES string of the molecule is C#C.C=C(Nc1cncc(-c2cnc(N)c(Cc3nc4c(-c5ccccn5)nccc4[nH]3)c2F)c1)C1CCC1. The minimum atomic E-state index is -0.451. The summed E-state index contributed by atoms with van der Waals surface area (Å²) in [6.45, 7) is 4.15. The number of nitrogens with two attached hydrogens (primary N) is 1. The Labute approximate surface area is 225 Å². The van der Waals surface area contributed by atoms with Gasteiger partial charge in [0.15, 0.2) is 0 Å². The van der Waals surface area contributed by atoms with Crippen molar-refractivity contribution in [1.82, 2.24) is 29.9 Å². The van der Waals surface area contributed by atoms with Gasteiger partial charge in [0.25, 0.3) is 0 Å². The molecule has 194 valence electrons. The number of allylic oxidation sites excluding steroid dienone is 1. The van der Waals surface area contributed by atoms with Crippen LogP contribution in [0.5, 0.6) is 0 Å². The zero-order valence-corrected chi connectivity index (χ0v) is 21.2. The molecule has 1 fully saturated rings. The van der Waals surface area contributed by atoms with Gasteiger partial charge in [0.05, 0.1) is 23.1 Å². The fourth-order valence-corrected chi connectivity index (χ4v) is 4.54. The topological polar surface area (TPSA) is 118 Å². The Morgan fingerprint density at radius 1 is 1.10 bits per heavy atom. The Morgan fingerprint density at radius 2 is 1.95 bits per heavy atom. The van der Waals surface area contributed by atoms with Crippen LogP contribution >= 0.6 is 0 Å². The summed E-state index contributed by atoms with van der Waals surface area (Å²) in [7, 11) is 0. The molecule has 0 unspecified atom stereocenters. The summed E-state index contributed by atoms with van der Waals surface area (Å²) in [6.07, 6.45) is 19.8. The maximum atomic E-state index is 15.8. The van der Waals surface area contributed by atoms with E-state index in [9.17, 15) is 0 Å². The van der Waals surface area contributed by atoms with Crippen LogP contribution in [0.25, 0.3) is 33.5 Å². The third-order valence-corrected chi connectivity index (χ3v) is 6.80. The summed E-state index contributed by atoms with van der Waals surface area (Å²) in [5, 5.41) is 3.32. The van der Waals surface area contributed by atoms with Gasteiger partial charge in [0.2, 0.25) is 0 Å². The van der Waals surface area contributed by atoms with Gasteiger partial charge < -0.3 is 16.0 Å². The van der Waals surface area contributed by atoms with Crippen LogP contribution in [0.4, 0.5) is 15.9 Å². The molecular weight excluding hydrogens is 491 g/mol. The Bertz CT molecular complexity index is 1650. The third kappa shape index (κ3) is 5.18. The summed E-state index contributed by atoms with van der Waals surface area (Å²) in [5.74, 6) is 0.690. The number of halogens is 1. The summed E-state index contributed by atoms with van der Waals surface area (Å²) in [4.78, 5) is 25.4. The number of fused-ring (bicyclic) bond motifs is 1. The fraction of sp³-hybridized carbons (Fsp3) is 0.167. The Kier molecular flexibility index (Phi) is 7.28. The van der Waals surface area contributed by atoms with Crippen LogP contribution in [0, 0.1) is 24.6 Å². The molecule has 0 aliphatic heterocycles. The van der Waals surface area contributed by atoms with E-state index in [0.717, 1.165) is 29.7 Å². The minimum Gasteiger partial charge on any atom is -0.383 e. The van der Waals surface area contributed by atoms with Crippen LogP contribution in [0.2, 0.25) is 0 Å². The monoisotopic (exact) mass is 518 g/mol. The van der Waals surface area contributed by atoms with Gasteiger partial charge >= 0.3 is 0 Å². The number of terminal acetylenes is 1. The second kappa shape index (κ2) is 11.1. The Morgan fingerprint density at radius 3 is 2.69 bits per heavy atom. The van der Waals surface area contributed by atoms with Gasteiger partial charge in [-0.05, 0) is 43.0 Å². The van der Waals surface area contributed by atoms with Crippen LogP contribution in [0.1, 0.15) is 30.7 Å². The van der Waals surface area contributed by atoms with E-state index in [4.69, 9.17) is 10.7 Å². The molecular formula is C30H27FN8. The van der Waals surface area contributed by atoms with Gasteiger partial charge in [0, 0.05) is 53.6 Å². The molecule has 4 N–H and O–H groups in total. The van der Waals surface area contributed by atoms with Crippen molar-refractivity contribution < 1.29 is 4.39 Å². The average Bonchev–Trinajstić information content (AvgIpc) is 3.35. The van der Waals surface area contributed by atoms with Crippen molar-refractivity contribution in [2.45, 2.75) is 25.7 Å². The molecule has 0 aromatic carbocycles. The molecule has 5 aromatic heterocycles. The molecule has 39 heavy (non-hydrogen) atoms. The highest BCUT2D eigenvalue weighted by atomic mass is 19.1. The second-order valence-corrected chi connectivity index (χ2v) is 9.22. The first-order valence-electron chi connectivity index (χ1n) is 12.5. The average molecular weight is 519 g/mol. The zero-order valence-electron chi connectivity index (χ0n) is 21.2. The number of rotatable bonds is 7. The van der Waals surface area contributed by atoms with Gasteiger partial charge in [0.1, 0.15) is 28.7 Å². The number of nitrogens with zero attached hydrogens (tertiary/aromatic N) is 5. The maximum Gasteiger partial charge on any atom is 0.139 e. The number of imidazole rings is 1. The molecule has 8 nitrogen and oxygen atoms in total. The molecule has 0 saturated heterocycles. The van der Waals surface area contributed by atoms with Crippen molar-refractivity contribution in [2.75, 3.05) is 11.1 Å². The number of H-pyrrole nitrogens is 1. The molecule has 0 amide bonds. The molecule has 1 aliphatic carbocycles. The highest BCUT2D eigenvalue weighted by Crippen LogP contribution is 2.34. The van der Waals surface area contributed by atoms with Crippen LogP contribution in [0.3, 0.4) is 0 Å². The fourth-order valence-electron chi connectivity index (χ4n) is 4.54. The van der Waals surface area contributed by atoms with E-state index in [1.165, 1.54) is 12.6 Å². The maximum absolute atomic E-state index is 15.8. The number of pyridine rings is 4. The predicted molar refractivity (Wildman–Crippen MR) is 152 cm³/mol. The van der Waals surface area contributed by atoms with Crippen LogP contribution in [-0.4, -0.2) is 29.9 Å². The lowest BCUT2D eigenvalue weighted by molar-refractivity contribution is 0.371. The van der Waals surface area contributed by atoms with Crippen molar-refractivity contribution in [2.24, 2.45) is 5.92 Å². The summed E-state index contributed by atoms with van der Waals surface area (Å²) in [6, 6.07) is 9.29. The lowest BCUT2D eigenvalue weighted by Crippen LogP contribution is -2.18. The number of nitrogens with one attached hydrogen (secondary N) is 2. The number of aromatic amines is 1. The van der Waals surface area contributed by atoms with Gasteiger partial charge in [-0.1, -0.05) is 19.1 Å². The minimum absolute atomic E-state index is 0.116. The zero-order chi connectivity index (χ0) is 27.4. The normalized spacial score (nSPS) is 12.8. The van der Waals surface area contributed by atoms with Gasteiger partial charge in [-0.15, -0.1) is 12.8 Å². The second-order valence-electron chi connectivity index (χ2n) is 9.22. The Balaban J connectivity index is 0.00000151. The predicted octanol–water partition coefficient (Wildman–Crippen LogP) is 5.76. The number of hydrogen-bond donors (Lipinski definition) is 3. The standard InChI is InChI=1S/C28H25FN8.C2H2/c1-16(17-5-4-6-17)35-19-11-18(13-31-14-19)21-15-34-28(30)20(25(21)29)12-24-36-23-8-10-33-26(27(23)37-24)22-7-2-3-9-32-22;1-2/h2-3,7-11,13-15,17,35H,1,4-6,12H2,(H2,30,34)(H,36,37);1-2H. The molecule has 1 aliphatic rings. The molecule has 0 bridgehead atoms. The number of aromatic nitrogens is 6. The van der Waals surface area contributed by atoms with E-state index < -0.39 is 5.82 Å². The molecule has 0 spiro atoms. The first-order valence-corrected chi connectivity index (χ1v) is 12.5. The van der Waals surface area contributed by atoms with E-state index in [-0.39, 0.29) is 17.8 Å². The van der Waals surface area contributed by atoms with E-state index in [1.807, 2.05) is 30.3 Å². The summed E-state index contributed by atoms with van der Waals surface area (Å²) >= 11 is 0. The molecule has 9 heteroatoms. The van der Waals surface area contributed by atoms with E-state index >= 15 is 4.39 Å². The van der Waals surface area contributed by atoms with Crippen LogP contribution in [-0.2, 0) is 6.42 Å². The number of hydrogen-bond acceptors (Lipinski definition) is 7. The first-order chi connectivity index (χ1) is 19.1. The lowest BCUT2D eigenvalue weighted by Gasteiger charge is -2.28. The molecule has 6 rings (SSSR count). The number of nitrogen functional groups attached to an aromatic ring is 1. The molecule has 1 saturated carbocycles. The van der Waals surface area contributed by atoms with Crippen molar-refractivity contribution in [3.8, 4) is 35.4 Å². The highest BCUT2D eigenvalue weighted by molar-refractivity contribution is 5.88. The third-order valence-electron chi connectivity index (χ3n) is 6.80.